The van der Waals surface area contributed by atoms with Crippen LogP contribution in [0.1, 0.15) is 41.6 Å². The van der Waals surface area contributed by atoms with Crippen molar-refractivity contribution in [3.05, 3.63) is 47.1 Å². The van der Waals surface area contributed by atoms with Crippen LogP contribution in [0.2, 0.25) is 0 Å². The highest BCUT2D eigenvalue weighted by atomic mass is 19.1. The Morgan fingerprint density at radius 3 is 2.30 bits per heavy atom. The Bertz CT molecular complexity index is 824. The van der Waals surface area contributed by atoms with Gasteiger partial charge in [-0.2, -0.15) is 0 Å². The summed E-state index contributed by atoms with van der Waals surface area (Å²) in [5, 5.41) is 6.66. The van der Waals surface area contributed by atoms with Gasteiger partial charge in [-0.25, -0.2) is 9.18 Å². The van der Waals surface area contributed by atoms with E-state index in [1.165, 1.54) is 24.3 Å². The molecular weight excluding hydrogens is 351 g/mol. The zero-order valence-corrected chi connectivity index (χ0v) is 15.7. The number of anilines is 1. The van der Waals surface area contributed by atoms with E-state index >= 15 is 0 Å². The predicted molar refractivity (Wildman–Crippen MR) is 98.2 cm³/mol. The lowest BCUT2D eigenvalue weighted by molar-refractivity contribution is 0.0668. The summed E-state index contributed by atoms with van der Waals surface area (Å²) in [6.45, 7) is 7.35. The molecule has 7 nitrogen and oxygen atoms in total. The molecule has 27 heavy (non-hydrogen) atoms. The van der Waals surface area contributed by atoms with Gasteiger partial charge in [-0.1, -0.05) is 19.0 Å². The third-order valence-electron chi connectivity index (χ3n) is 4.58. The number of halogens is 1. The Labute approximate surface area is 157 Å². The number of hydrogen-bond acceptors (Lipinski definition) is 4. The van der Waals surface area contributed by atoms with Crippen LogP contribution in [0.25, 0.3) is 0 Å². The van der Waals surface area contributed by atoms with E-state index < -0.39 is 0 Å². The van der Waals surface area contributed by atoms with Gasteiger partial charge in [0.25, 0.3) is 5.91 Å². The molecule has 1 aliphatic heterocycles. The van der Waals surface area contributed by atoms with Crippen LogP contribution in [0.3, 0.4) is 0 Å². The second kappa shape index (κ2) is 7.77. The second-order valence-electron chi connectivity index (χ2n) is 6.88. The van der Waals surface area contributed by atoms with Crippen LogP contribution >= 0.6 is 0 Å². The number of hydrogen-bond donors (Lipinski definition) is 1. The van der Waals surface area contributed by atoms with E-state index in [1.807, 2.05) is 13.8 Å². The number of rotatable bonds is 3. The van der Waals surface area contributed by atoms with Crippen LogP contribution in [-0.2, 0) is 0 Å². The van der Waals surface area contributed by atoms with Gasteiger partial charge in [0.1, 0.15) is 11.4 Å². The summed E-state index contributed by atoms with van der Waals surface area (Å²) in [6.07, 6.45) is 0. The fourth-order valence-corrected chi connectivity index (χ4v) is 3.05. The van der Waals surface area contributed by atoms with Crippen LogP contribution in [0, 0.1) is 12.7 Å². The fourth-order valence-electron chi connectivity index (χ4n) is 3.05. The van der Waals surface area contributed by atoms with E-state index in [1.54, 1.807) is 16.7 Å². The molecule has 1 aliphatic rings. The first-order chi connectivity index (χ1) is 12.9. The summed E-state index contributed by atoms with van der Waals surface area (Å²) < 4.78 is 18.3. The first-order valence-corrected chi connectivity index (χ1v) is 8.93. The van der Waals surface area contributed by atoms with Crippen LogP contribution in [0.4, 0.5) is 14.9 Å². The van der Waals surface area contributed by atoms with Gasteiger partial charge in [0.2, 0.25) is 0 Å². The highest BCUT2D eigenvalue weighted by Crippen LogP contribution is 2.24. The molecule has 0 bridgehead atoms. The Morgan fingerprint density at radius 1 is 1.11 bits per heavy atom. The van der Waals surface area contributed by atoms with Crippen molar-refractivity contribution in [2.45, 2.75) is 26.7 Å². The van der Waals surface area contributed by atoms with E-state index in [0.29, 0.717) is 48.9 Å². The number of piperazine rings is 1. The lowest BCUT2D eigenvalue weighted by Crippen LogP contribution is -2.51. The van der Waals surface area contributed by atoms with Crippen molar-refractivity contribution in [1.29, 1.82) is 0 Å². The molecule has 1 N–H and O–H groups in total. The molecule has 0 spiro atoms. The van der Waals surface area contributed by atoms with Crippen molar-refractivity contribution in [2.24, 2.45) is 0 Å². The summed E-state index contributed by atoms with van der Waals surface area (Å²) >= 11 is 0. The minimum absolute atomic E-state index is 0.0629. The molecule has 0 unspecified atom stereocenters. The van der Waals surface area contributed by atoms with Crippen molar-refractivity contribution in [1.82, 2.24) is 15.0 Å². The summed E-state index contributed by atoms with van der Waals surface area (Å²) in [4.78, 5) is 28.6. The van der Waals surface area contributed by atoms with Crippen LogP contribution < -0.4 is 5.32 Å². The largest absolute Gasteiger partial charge is 0.360 e. The summed E-state index contributed by atoms with van der Waals surface area (Å²) in [7, 11) is 0. The normalized spacial score (nSPS) is 14.6. The molecule has 144 valence electrons. The van der Waals surface area contributed by atoms with Gasteiger partial charge in [0.05, 0.1) is 5.69 Å². The number of nitrogens with zero attached hydrogens (tertiary/aromatic N) is 3. The smallest absolute Gasteiger partial charge is 0.321 e. The fraction of sp³-hybridized carbons (Fsp3) is 0.421. The highest BCUT2D eigenvalue weighted by Gasteiger charge is 2.30. The molecule has 0 atom stereocenters. The monoisotopic (exact) mass is 374 g/mol. The number of carbonyl (C=O) groups excluding carboxylic acids is 2. The second-order valence-corrected chi connectivity index (χ2v) is 6.88. The molecule has 1 fully saturated rings. The van der Waals surface area contributed by atoms with Gasteiger partial charge in [-0.3, -0.25) is 4.79 Å². The van der Waals surface area contributed by atoms with Gasteiger partial charge in [-0.05, 0) is 31.2 Å². The Balaban J connectivity index is 1.60. The maximum atomic E-state index is 12.9. The van der Waals surface area contributed by atoms with Crippen molar-refractivity contribution in [2.75, 3.05) is 31.5 Å². The number of benzene rings is 1. The Morgan fingerprint density at radius 2 is 1.70 bits per heavy atom. The predicted octanol–water partition coefficient (Wildman–Crippen LogP) is 3.24. The first kappa shape index (κ1) is 18.9. The number of urea groups is 1. The van der Waals surface area contributed by atoms with Crippen LogP contribution in [0.15, 0.2) is 28.8 Å². The molecule has 0 saturated carbocycles. The van der Waals surface area contributed by atoms with Gasteiger partial charge >= 0.3 is 6.03 Å². The Hall–Kier alpha value is -2.90. The van der Waals surface area contributed by atoms with E-state index in [4.69, 9.17) is 4.52 Å². The standard InChI is InChI=1S/C19H23FN4O3/c1-12(2)17-16(13(3)22-27-17)18(25)23-8-10-24(11-9-23)19(26)21-15-6-4-14(20)5-7-15/h4-7,12H,8-11H2,1-3H3,(H,21,26). The quantitative estimate of drug-likeness (QED) is 0.895. The maximum absolute atomic E-state index is 12.9. The third kappa shape index (κ3) is 4.10. The molecule has 1 aromatic heterocycles. The summed E-state index contributed by atoms with van der Waals surface area (Å²) in [5.74, 6) is 0.183. The topological polar surface area (TPSA) is 78.7 Å². The SMILES string of the molecule is Cc1noc(C(C)C)c1C(=O)N1CCN(C(=O)Nc2ccc(F)cc2)CC1. The van der Waals surface area contributed by atoms with Crippen molar-refractivity contribution in [3.63, 3.8) is 0 Å². The van der Waals surface area contributed by atoms with Gasteiger partial charge in [0.15, 0.2) is 5.76 Å². The average Bonchev–Trinajstić information content (AvgIpc) is 3.05. The average molecular weight is 374 g/mol. The molecule has 0 aliphatic carbocycles. The molecule has 3 rings (SSSR count). The first-order valence-electron chi connectivity index (χ1n) is 8.93. The minimum Gasteiger partial charge on any atom is -0.360 e. The summed E-state index contributed by atoms with van der Waals surface area (Å²) in [6, 6.07) is 5.34. The molecule has 2 heterocycles. The minimum atomic E-state index is -0.357. The zero-order valence-electron chi connectivity index (χ0n) is 15.7. The lowest BCUT2D eigenvalue weighted by Gasteiger charge is -2.34. The number of aromatic nitrogens is 1. The number of carbonyl (C=O) groups is 2. The lowest BCUT2D eigenvalue weighted by atomic mass is 10.0. The van der Waals surface area contributed by atoms with Crippen molar-refractivity contribution >= 4 is 17.6 Å². The summed E-state index contributed by atoms with van der Waals surface area (Å²) in [5.41, 5.74) is 1.64. The van der Waals surface area contributed by atoms with E-state index in [9.17, 15) is 14.0 Å². The van der Waals surface area contributed by atoms with Crippen LogP contribution in [0.5, 0.6) is 0 Å². The number of amides is 3. The zero-order chi connectivity index (χ0) is 19.6. The molecule has 0 radical (unpaired) electrons. The third-order valence-corrected chi connectivity index (χ3v) is 4.58. The highest BCUT2D eigenvalue weighted by molar-refractivity contribution is 5.96. The Kier molecular flexibility index (Phi) is 5.43. The van der Waals surface area contributed by atoms with Crippen molar-refractivity contribution < 1.29 is 18.5 Å². The van der Waals surface area contributed by atoms with Crippen LogP contribution in [-0.4, -0.2) is 53.1 Å². The van der Waals surface area contributed by atoms with Gasteiger partial charge in [0, 0.05) is 37.8 Å². The van der Waals surface area contributed by atoms with E-state index in [2.05, 4.69) is 10.5 Å². The van der Waals surface area contributed by atoms with Crippen molar-refractivity contribution in [3.8, 4) is 0 Å². The van der Waals surface area contributed by atoms with Gasteiger partial charge < -0.3 is 19.6 Å². The molecule has 2 aromatic rings. The number of nitrogens with one attached hydrogen (secondary N) is 1. The van der Waals surface area contributed by atoms with E-state index in [-0.39, 0.29) is 23.7 Å². The maximum Gasteiger partial charge on any atom is 0.321 e. The molecule has 1 saturated heterocycles. The molecular formula is C19H23FN4O3. The van der Waals surface area contributed by atoms with E-state index in [0.717, 1.165) is 0 Å². The molecule has 1 aromatic carbocycles. The molecule has 3 amide bonds. The number of aryl methyl sites for hydroxylation is 1. The van der Waals surface area contributed by atoms with Gasteiger partial charge in [-0.15, -0.1) is 0 Å². The molecule has 8 heteroatoms.